The number of hydrogen-bond acceptors (Lipinski definition) is 2. The molecule has 0 amide bonds. The Morgan fingerprint density at radius 2 is 1.90 bits per heavy atom. The molecule has 3 rings (SSSR count). The molecule has 0 aliphatic rings. The lowest BCUT2D eigenvalue weighted by atomic mass is 10.1. The number of halogens is 1. The molecule has 1 aromatic heterocycles. The molecule has 1 heterocycles. The van der Waals surface area contributed by atoms with E-state index in [0.29, 0.717) is 16.6 Å². The lowest BCUT2D eigenvalue weighted by Gasteiger charge is -2.08. The number of nitrogens with two attached hydrogens (primary N) is 1. The van der Waals surface area contributed by atoms with Crippen LogP contribution >= 0.6 is 0 Å². The molecule has 100 valence electrons. The van der Waals surface area contributed by atoms with E-state index in [4.69, 9.17) is 5.73 Å². The highest BCUT2D eigenvalue weighted by Crippen LogP contribution is 2.14. The molecular weight excluding hydrogens is 255 g/mol. The number of benzene rings is 2. The number of anilines is 1. The molecule has 0 radical (unpaired) electrons. The van der Waals surface area contributed by atoms with Crippen LogP contribution in [0.4, 0.5) is 10.1 Å². The third kappa shape index (κ3) is 2.16. The first-order chi connectivity index (χ1) is 9.65. The third-order valence-corrected chi connectivity index (χ3v) is 3.30. The van der Waals surface area contributed by atoms with Crippen molar-refractivity contribution >= 4 is 16.5 Å². The van der Waals surface area contributed by atoms with Crippen molar-refractivity contribution in [2.24, 2.45) is 0 Å². The maximum atomic E-state index is 13.8. The summed E-state index contributed by atoms with van der Waals surface area (Å²) in [6.07, 6.45) is 1.68. The lowest BCUT2D eigenvalue weighted by molar-refractivity contribution is 0.597. The average Bonchev–Trinajstić information content (AvgIpc) is 2.45. The molecule has 0 spiro atoms. The monoisotopic (exact) mass is 268 g/mol. The predicted octanol–water partition coefficient (Wildman–Crippen LogP) is 2.77. The number of aromatic nitrogens is 1. The molecule has 3 nitrogen and oxygen atoms in total. The van der Waals surface area contributed by atoms with Crippen molar-refractivity contribution in [2.45, 2.75) is 6.54 Å². The highest BCUT2D eigenvalue weighted by atomic mass is 19.1. The first-order valence-electron chi connectivity index (χ1n) is 6.27. The van der Waals surface area contributed by atoms with Gasteiger partial charge in [0.25, 0.3) is 5.56 Å². The Morgan fingerprint density at radius 3 is 2.70 bits per heavy atom. The van der Waals surface area contributed by atoms with Crippen molar-refractivity contribution in [3.8, 4) is 0 Å². The first-order valence-corrected chi connectivity index (χ1v) is 6.27. The summed E-state index contributed by atoms with van der Waals surface area (Å²) in [5, 5.41) is 1.51. The smallest absolute Gasteiger partial charge is 0.258 e. The van der Waals surface area contributed by atoms with Gasteiger partial charge in [-0.3, -0.25) is 4.79 Å². The normalized spacial score (nSPS) is 10.8. The maximum absolute atomic E-state index is 13.8. The van der Waals surface area contributed by atoms with Gasteiger partial charge in [-0.05, 0) is 29.7 Å². The number of pyridine rings is 1. The average molecular weight is 268 g/mol. The Morgan fingerprint density at radius 1 is 1.10 bits per heavy atom. The maximum Gasteiger partial charge on any atom is 0.258 e. The van der Waals surface area contributed by atoms with Crippen molar-refractivity contribution < 1.29 is 4.39 Å². The second-order valence-corrected chi connectivity index (χ2v) is 4.69. The molecule has 20 heavy (non-hydrogen) atoms. The molecule has 4 heteroatoms. The van der Waals surface area contributed by atoms with Crippen LogP contribution in [0.15, 0.2) is 59.5 Å². The van der Waals surface area contributed by atoms with Gasteiger partial charge in [-0.2, -0.15) is 0 Å². The Balaban J connectivity index is 2.07. The van der Waals surface area contributed by atoms with Gasteiger partial charge in [0.15, 0.2) is 0 Å². The summed E-state index contributed by atoms with van der Waals surface area (Å²) < 4.78 is 15.3. The van der Waals surface area contributed by atoms with Crippen LogP contribution in [0.25, 0.3) is 10.8 Å². The van der Waals surface area contributed by atoms with E-state index in [-0.39, 0.29) is 12.1 Å². The minimum Gasteiger partial charge on any atom is -0.399 e. The van der Waals surface area contributed by atoms with E-state index in [2.05, 4.69) is 0 Å². The van der Waals surface area contributed by atoms with Gasteiger partial charge in [-0.15, -0.1) is 0 Å². The molecular formula is C16H13FN2O. The molecule has 0 fully saturated rings. The van der Waals surface area contributed by atoms with Crippen molar-refractivity contribution in [1.82, 2.24) is 4.57 Å². The van der Waals surface area contributed by atoms with Crippen LogP contribution in [0.1, 0.15) is 5.56 Å². The fraction of sp³-hybridized carbons (Fsp3) is 0.0625. The van der Waals surface area contributed by atoms with E-state index in [1.807, 2.05) is 24.3 Å². The van der Waals surface area contributed by atoms with Crippen LogP contribution in [0.5, 0.6) is 0 Å². The van der Waals surface area contributed by atoms with Gasteiger partial charge < -0.3 is 10.3 Å². The standard InChI is InChI=1S/C16H13FN2O/c17-15-9-13(18)6-5-12(15)10-19-8-7-11-3-1-2-4-14(11)16(19)20/h1-9H,10,18H2. The molecule has 0 bridgehead atoms. The molecule has 2 N–H and O–H groups in total. The molecule has 0 saturated carbocycles. The van der Waals surface area contributed by atoms with Gasteiger partial charge in [-0.1, -0.05) is 24.3 Å². The fourth-order valence-electron chi connectivity index (χ4n) is 2.23. The van der Waals surface area contributed by atoms with E-state index < -0.39 is 5.82 Å². The lowest BCUT2D eigenvalue weighted by Crippen LogP contribution is -2.20. The number of nitrogens with zero attached hydrogens (tertiary/aromatic N) is 1. The van der Waals surface area contributed by atoms with Crippen molar-refractivity contribution in [3.63, 3.8) is 0 Å². The second kappa shape index (κ2) is 4.81. The Bertz CT molecular complexity index is 839. The molecule has 0 aliphatic heterocycles. The van der Waals surface area contributed by atoms with Gasteiger partial charge in [0.2, 0.25) is 0 Å². The largest absolute Gasteiger partial charge is 0.399 e. The zero-order valence-electron chi connectivity index (χ0n) is 10.7. The SMILES string of the molecule is Nc1ccc(Cn2ccc3ccccc3c2=O)c(F)c1. The van der Waals surface area contributed by atoms with Crippen molar-refractivity contribution in [2.75, 3.05) is 5.73 Å². The van der Waals surface area contributed by atoms with Gasteiger partial charge in [0.1, 0.15) is 5.82 Å². The first kappa shape index (κ1) is 12.4. The number of fused-ring (bicyclic) bond motifs is 1. The highest BCUT2D eigenvalue weighted by molar-refractivity contribution is 5.81. The summed E-state index contributed by atoms with van der Waals surface area (Å²) in [5.41, 5.74) is 6.20. The third-order valence-electron chi connectivity index (χ3n) is 3.30. The molecule has 0 aliphatic carbocycles. The van der Waals surface area contributed by atoms with Gasteiger partial charge >= 0.3 is 0 Å². The molecule has 2 aromatic carbocycles. The van der Waals surface area contributed by atoms with Crippen molar-refractivity contribution in [3.05, 3.63) is 76.5 Å². The quantitative estimate of drug-likeness (QED) is 0.726. The molecule has 3 aromatic rings. The summed E-state index contributed by atoms with van der Waals surface area (Å²) in [4.78, 5) is 12.3. The van der Waals surface area contributed by atoms with Gasteiger partial charge in [0, 0.05) is 22.8 Å². The zero-order valence-corrected chi connectivity index (χ0v) is 10.7. The van der Waals surface area contributed by atoms with Gasteiger partial charge in [0.05, 0.1) is 6.54 Å². The second-order valence-electron chi connectivity index (χ2n) is 4.69. The van der Waals surface area contributed by atoms with Crippen LogP contribution < -0.4 is 11.3 Å². The summed E-state index contributed by atoms with van der Waals surface area (Å²) in [7, 11) is 0. The van der Waals surface area contributed by atoms with Gasteiger partial charge in [-0.25, -0.2) is 4.39 Å². The fourth-order valence-corrected chi connectivity index (χ4v) is 2.23. The van der Waals surface area contributed by atoms with Crippen LogP contribution in [-0.2, 0) is 6.54 Å². The Kier molecular flexibility index (Phi) is 2.99. The van der Waals surface area contributed by atoms with E-state index >= 15 is 0 Å². The van der Waals surface area contributed by atoms with Crippen LogP contribution in [-0.4, -0.2) is 4.57 Å². The number of hydrogen-bond donors (Lipinski definition) is 1. The molecule has 0 saturated heterocycles. The van der Waals surface area contributed by atoms with E-state index in [1.165, 1.54) is 10.6 Å². The van der Waals surface area contributed by atoms with E-state index in [9.17, 15) is 9.18 Å². The minimum atomic E-state index is -0.398. The van der Waals surface area contributed by atoms with Crippen LogP contribution in [0, 0.1) is 5.82 Å². The van der Waals surface area contributed by atoms with Crippen molar-refractivity contribution in [1.29, 1.82) is 0 Å². The Hall–Kier alpha value is -2.62. The summed E-state index contributed by atoms with van der Waals surface area (Å²) in [6, 6.07) is 13.7. The highest BCUT2D eigenvalue weighted by Gasteiger charge is 2.06. The molecule has 0 atom stereocenters. The predicted molar refractivity (Wildman–Crippen MR) is 78.1 cm³/mol. The Labute approximate surface area is 115 Å². The number of nitrogen functional groups attached to an aromatic ring is 1. The van der Waals surface area contributed by atoms with Crippen LogP contribution in [0.2, 0.25) is 0 Å². The van der Waals surface area contributed by atoms with Crippen LogP contribution in [0.3, 0.4) is 0 Å². The van der Waals surface area contributed by atoms with E-state index in [0.717, 1.165) is 5.39 Å². The molecule has 0 unspecified atom stereocenters. The minimum absolute atomic E-state index is 0.126. The summed E-state index contributed by atoms with van der Waals surface area (Å²) >= 11 is 0. The summed E-state index contributed by atoms with van der Waals surface area (Å²) in [5.74, 6) is -0.398. The summed E-state index contributed by atoms with van der Waals surface area (Å²) in [6.45, 7) is 0.190. The topological polar surface area (TPSA) is 48.0 Å². The van der Waals surface area contributed by atoms with E-state index in [1.54, 1.807) is 24.4 Å². The number of rotatable bonds is 2. The zero-order chi connectivity index (χ0) is 14.1.